The molecule has 0 fully saturated rings. The van der Waals surface area contributed by atoms with Gasteiger partial charge in [0.25, 0.3) is 5.69 Å². The Morgan fingerprint density at radius 2 is 1.78 bits per heavy atom. The Morgan fingerprint density at radius 1 is 1.03 bits per heavy atom. The lowest BCUT2D eigenvalue weighted by Crippen LogP contribution is -2.58. The summed E-state index contributed by atoms with van der Waals surface area (Å²) in [5.74, 6) is 0.857. The summed E-state index contributed by atoms with van der Waals surface area (Å²) in [6.07, 6.45) is 3.74. The second kappa shape index (κ2) is 6.85. The van der Waals surface area contributed by atoms with Gasteiger partial charge in [-0.1, -0.05) is 48.5 Å². The van der Waals surface area contributed by atoms with Crippen LogP contribution in [0, 0.1) is 10.1 Å². The first-order valence-corrected chi connectivity index (χ1v) is 10.5. The van der Waals surface area contributed by atoms with Crippen molar-refractivity contribution in [3.05, 3.63) is 88.0 Å². The molecule has 3 aromatic carbocycles. The van der Waals surface area contributed by atoms with Gasteiger partial charge in [0.1, 0.15) is 0 Å². The van der Waals surface area contributed by atoms with Crippen molar-refractivity contribution in [2.45, 2.75) is 25.0 Å². The number of para-hydroxylation sites is 1. The highest BCUT2D eigenvalue weighted by Gasteiger charge is 2.59. The molecule has 2 heterocycles. The molecular formula is C26H24N2O4. The van der Waals surface area contributed by atoms with Gasteiger partial charge in [0.05, 0.1) is 28.7 Å². The number of ether oxygens (including phenoxy) is 2. The number of rotatable bonds is 3. The molecule has 3 aromatic rings. The van der Waals surface area contributed by atoms with Gasteiger partial charge in [-0.05, 0) is 43.2 Å². The lowest BCUT2D eigenvalue weighted by atomic mass is 9.76. The third kappa shape index (κ3) is 2.52. The van der Waals surface area contributed by atoms with Crippen LogP contribution in [0.15, 0.2) is 66.7 Å². The van der Waals surface area contributed by atoms with Crippen LogP contribution in [0.1, 0.15) is 25.0 Å². The zero-order valence-electron chi connectivity index (χ0n) is 18.5. The molecule has 0 N–H and O–H groups in total. The van der Waals surface area contributed by atoms with Gasteiger partial charge in [0.15, 0.2) is 11.5 Å². The first-order chi connectivity index (χ1) is 15.3. The van der Waals surface area contributed by atoms with Crippen LogP contribution in [0.2, 0.25) is 0 Å². The third-order valence-corrected chi connectivity index (χ3v) is 6.81. The topological polar surface area (TPSA) is 64.8 Å². The van der Waals surface area contributed by atoms with Crippen molar-refractivity contribution in [3.63, 3.8) is 0 Å². The maximum Gasteiger partial charge on any atom is 0.280 e. The number of nitrogens with zero attached hydrogens (tertiary/aromatic N) is 2. The van der Waals surface area contributed by atoms with Crippen molar-refractivity contribution in [1.82, 2.24) is 0 Å². The number of hydrogen-bond donors (Lipinski definition) is 0. The molecule has 1 unspecified atom stereocenters. The fourth-order valence-electron chi connectivity index (χ4n) is 5.10. The summed E-state index contributed by atoms with van der Waals surface area (Å²) in [6, 6.07) is 19.6. The third-order valence-electron chi connectivity index (χ3n) is 6.81. The second-order valence-electron chi connectivity index (χ2n) is 8.67. The molecule has 0 saturated carbocycles. The summed E-state index contributed by atoms with van der Waals surface area (Å²) >= 11 is 0. The monoisotopic (exact) mass is 428 g/mol. The van der Waals surface area contributed by atoms with Gasteiger partial charge in [-0.3, -0.25) is 10.1 Å². The number of anilines is 1. The van der Waals surface area contributed by atoms with E-state index < -0.39 is 16.1 Å². The van der Waals surface area contributed by atoms with Crippen molar-refractivity contribution >= 4 is 17.5 Å². The molecule has 0 aliphatic carbocycles. The van der Waals surface area contributed by atoms with Gasteiger partial charge < -0.3 is 14.4 Å². The fourth-order valence-corrected chi connectivity index (χ4v) is 5.10. The zero-order chi connectivity index (χ0) is 22.7. The van der Waals surface area contributed by atoms with E-state index >= 15 is 0 Å². The highest BCUT2D eigenvalue weighted by molar-refractivity contribution is 5.87. The van der Waals surface area contributed by atoms with Crippen LogP contribution in [0.4, 0.5) is 11.4 Å². The molecule has 0 saturated heterocycles. The number of benzene rings is 3. The molecule has 5 rings (SSSR count). The van der Waals surface area contributed by atoms with E-state index in [2.05, 4.69) is 49.1 Å². The van der Waals surface area contributed by atoms with Crippen molar-refractivity contribution < 1.29 is 14.4 Å². The number of methoxy groups -OCH3 is 1. The van der Waals surface area contributed by atoms with E-state index in [9.17, 15) is 10.1 Å². The van der Waals surface area contributed by atoms with Crippen LogP contribution in [-0.2, 0) is 5.41 Å². The summed E-state index contributed by atoms with van der Waals surface area (Å²) in [5.41, 5.74) is 3.56. The van der Waals surface area contributed by atoms with E-state index in [-0.39, 0.29) is 5.69 Å². The summed E-state index contributed by atoms with van der Waals surface area (Å²) in [4.78, 5) is 13.4. The van der Waals surface area contributed by atoms with Crippen LogP contribution < -0.4 is 14.4 Å². The van der Waals surface area contributed by atoms with Crippen molar-refractivity contribution in [2.75, 3.05) is 19.1 Å². The Balaban J connectivity index is 1.72. The highest BCUT2D eigenvalue weighted by atomic mass is 16.6. The molecule has 162 valence electrons. The van der Waals surface area contributed by atoms with Gasteiger partial charge in [0.2, 0.25) is 5.72 Å². The Hall–Kier alpha value is -3.80. The smallest absolute Gasteiger partial charge is 0.280 e. The summed E-state index contributed by atoms with van der Waals surface area (Å²) < 4.78 is 12.2. The Morgan fingerprint density at radius 3 is 2.47 bits per heavy atom. The number of nitro benzene ring substituents is 1. The van der Waals surface area contributed by atoms with Crippen molar-refractivity contribution in [2.24, 2.45) is 0 Å². The van der Waals surface area contributed by atoms with Crippen LogP contribution in [0.3, 0.4) is 0 Å². The van der Waals surface area contributed by atoms with Gasteiger partial charge in [-0.15, -0.1) is 0 Å². The normalized spacial score (nSPS) is 19.9. The van der Waals surface area contributed by atoms with Gasteiger partial charge in [-0.25, -0.2) is 0 Å². The molecule has 1 atom stereocenters. The minimum absolute atomic E-state index is 0.00663. The highest BCUT2D eigenvalue weighted by Crippen LogP contribution is 2.58. The summed E-state index contributed by atoms with van der Waals surface area (Å²) in [5, 5.41) is 11.6. The van der Waals surface area contributed by atoms with Crippen molar-refractivity contribution in [1.29, 1.82) is 0 Å². The van der Waals surface area contributed by atoms with Crippen LogP contribution >= 0.6 is 0 Å². The Kier molecular flexibility index (Phi) is 4.31. The molecule has 32 heavy (non-hydrogen) atoms. The predicted molar refractivity (Wildman–Crippen MR) is 125 cm³/mol. The summed E-state index contributed by atoms with van der Waals surface area (Å²) in [6.45, 7) is 4.28. The number of hydrogen-bond acceptors (Lipinski definition) is 5. The molecular weight excluding hydrogens is 404 g/mol. The quantitative estimate of drug-likeness (QED) is 0.390. The van der Waals surface area contributed by atoms with Crippen LogP contribution in [0.5, 0.6) is 11.5 Å². The van der Waals surface area contributed by atoms with E-state index in [1.54, 1.807) is 19.3 Å². The molecule has 6 nitrogen and oxygen atoms in total. The van der Waals surface area contributed by atoms with E-state index in [0.29, 0.717) is 17.1 Å². The minimum atomic E-state index is -0.879. The SMILES string of the molecule is COc1ccc([N+](=O)[O-])c2c1OC1(C=C2)N(C)c2c(-c3ccccc3)cccc2C1(C)C. The standard InChI is InChI=1S/C26H24N2O4/c1-25(2)20-12-8-11-18(17-9-6-5-7-10-17)23(20)27(3)26(25)16-15-19-21(28(29)30)13-14-22(31-4)24(19)32-26/h5-16H,1-4H3. The van der Waals surface area contributed by atoms with E-state index in [4.69, 9.17) is 9.47 Å². The molecule has 2 aliphatic heterocycles. The molecule has 6 heteroatoms. The average Bonchev–Trinajstić information content (AvgIpc) is 2.97. The minimum Gasteiger partial charge on any atom is -0.493 e. The average molecular weight is 428 g/mol. The Labute approximate surface area is 186 Å². The molecule has 2 aliphatic rings. The molecule has 0 amide bonds. The Bertz CT molecular complexity index is 1270. The molecule has 1 spiro atoms. The first kappa shape index (κ1) is 20.1. The zero-order valence-corrected chi connectivity index (χ0v) is 18.5. The first-order valence-electron chi connectivity index (χ1n) is 10.5. The molecule has 0 aromatic heterocycles. The second-order valence-corrected chi connectivity index (χ2v) is 8.67. The fraction of sp³-hybridized carbons (Fsp3) is 0.231. The van der Waals surface area contributed by atoms with Gasteiger partial charge >= 0.3 is 0 Å². The number of fused-ring (bicyclic) bond motifs is 2. The van der Waals surface area contributed by atoms with Crippen molar-refractivity contribution in [3.8, 4) is 22.6 Å². The number of likely N-dealkylation sites (N-methyl/N-ethyl adjacent to an activating group) is 1. The largest absolute Gasteiger partial charge is 0.493 e. The maximum absolute atomic E-state index is 11.6. The van der Waals surface area contributed by atoms with Gasteiger partial charge in [0, 0.05) is 18.7 Å². The van der Waals surface area contributed by atoms with E-state index in [1.807, 2.05) is 31.3 Å². The predicted octanol–water partition coefficient (Wildman–Crippen LogP) is 5.80. The molecule has 0 radical (unpaired) electrons. The van der Waals surface area contributed by atoms with Gasteiger partial charge in [-0.2, -0.15) is 0 Å². The number of nitro groups is 1. The maximum atomic E-state index is 11.6. The lowest BCUT2D eigenvalue weighted by molar-refractivity contribution is -0.385. The van der Waals surface area contributed by atoms with E-state index in [1.165, 1.54) is 6.07 Å². The lowest BCUT2D eigenvalue weighted by Gasteiger charge is -2.45. The summed E-state index contributed by atoms with van der Waals surface area (Å²) in [7, 11) is 3.56. The van der Waals surface area contributed by atoms with E-state index in [0.717, 1.165) is 22.4 Å². The van der Waals surface area contributed by atoms with Crippen LogP contribution in [-0.4, -0.2) is 24.8 Å². The van der Waals surface area contributed by atoms with Crippen LogP contribution in [0.25, 0.3) is 17.2 Å². The molecule has 0 bridgehead atoms.